The van der Waals surface area contributed by atoms with E-state index in [0.717, 1.165) is 27.5 Å². The third kappa shape index (κ3) is 1.71. The van der Waals surface area contributed by atoms with Gasteiger partial charge in [0.1, 0.15) is 11.1 Å². The van der Waals surface area contributed by atoms with Gasteiger partial charge < -0.3 is 8.98 Å². The molecule has 0 saturated heterocycles. The van der Waals surface area contributed by atoms with Gasteiger partial charge in [0.15, 0.2) is 5.58 Å². The van der Waals surface area contributed by atoms with Gasteiger partial charge in [-0.15, -0.1) is 0 Å². The summed E-state index contributed by atoms with van der Waals surface area (Å²) in [6.45, 7) is 0. The Morgan fingerprint density at radius 2 is 1.27 bits per heavy atom. The molecule has 2 heterocycles. The lowest BCUT2D eigenvalue weighted by Gasteiger charge is -2.11. The quantitative estimate of drug-likeness (QED) is 0.328. The molecule has 0 aliphatic carbocycles. The third-order valence-electron chi connectivity index (χ3n) is 5.19. The molecule has 0 N–H and O–H groups in total. The first-order chi connectivity index (χ1) is 12.9. The van der Waals surface area contributed by atoms with Crippen LogP contribution in [0.2, 0.25) is 0 Å². The first-order valence-corrected chi connectivity index (χ1v) is 8.81. The predicted octanol–water partition coefficient (Wildman–Crippen LogP) is 6.68. The van der Waals surface area contributed by atoms with Gasteiger partial charge in [0.25, 0.3) is 0 Å². The Morgan fingerprint density at radius 1 is 0.577 bits per heavy atom. The zero-order valence-electron chi connectivity index (χ0n) is 14.0. The molecule has 0 radical (unpaired) electrons. The second-order valence-electron chi connectivity index (χ2n) is 6.63. The Morgan fingerprint density at radius 3 is 2.19 bits per heavy atom. The highest BCUT2D eigenvalue weighted by Gasteiger charge is 2.19. The van der Waals surface area contributed by atoms with Gasteiger partial charge in [-0.2, -0.15) is 0 Å². The van der Waals surface area contributed by atoms with E-state index in [9.17, 15) is 0 Å². The minimum atomic E-state index is 0.928. The van der Waals surface area contributed by atoms with Gasteiger partial charge in [-0.1, -0.05) is 60.7 Å². The van der Waals surface area contributed by atoms with Crippen LogP contribution >= 0.6 is 0 Å². The summed E-state index contributed by atoms with van der Waals surface area (Å²) in [7, 11) is 0. The van der Waals surface area contributed by atoms with Crippen LogP contribution in [0.15, 0.2) is 95.4 Å². The van der Waals surface area contributed by atoms with Gasteiger partial charge in [-0.05, 0) is 35.7 Å². The van der Waals surface area contributed by atoms with Crippen LogP contribution in [-0.2, 0) is 0 Å². The summed E-state index contributed by atoms with van der Waals surface area (Å²) in [5, 5.41) is 4.77. The first-order valence-electron chi connectivity index (χ1n) is 8.81. The average Bonchev–Trinajstić information content (AvgIpc) is 3.22. The van der Waals surface area contributed by atoms with Crippen molar-refractivity contribution in [2.75, 3.05) is 0 Å². The largest absolute Gasteiger partial charge is 0.454 e. The van der Waals surface area contributed by atoms with Gasteiger partial charge in [-0.3, -0.25) is 0 Å². The van der Waals surface area contributed by atoms with Crippen molar-refractivity contribution in [2.45, 2.75) is 0 Å². The van der Waals surface area contributed by atoms with Crippen LogP contribution in [0, 0.1) is 0 Å². The molecular formula is C24H15NO. The Kier molecular flexibility index (Phi) is 2.64. The van der Waals surface area contributed by atoms with Crippen LogP contribution in [-0.4, -0.2) is 4.57 Å². The molecule has 0 atom stereocenters. The molecule has 0 saturated carbocycles. The second kappa shape index (κ2) is 4.99. The third-order valence-corrected chi connectivity index (χ3v) is 5.19. The summed E-state index contributed by atoms with van der Waals surface area (Å²) < 4.78 is 8.61. The Labute approximate surface area is 149 Å². The van der Waals surface area contributed by atoms with E-state index in [2.05, 4.69) is 83.4 Å². The highest BCUT2D eigenvalue weighted by molar-refractivity contribution is 6.17. The van der Waals surface area contributed by atoms with Gasteiger partial charge in [-0.25, -0.2) is 0 Å². The maximum absolute atomic E-state index is 6.26. The number of hydrogen-bond acceptors (Lipinski definition) is 1. The lowest BCUT2D eigenvalue weighted by molar-refractivity contribution is 0.673. The fourth-order valence-electron chi connectivity index (χ4n) is 4.07. The molecule has 0 spiro atoms. The molecule has 0 aliphatic rings. The van der Waals surface area contributed by atoms with Crippen LogP contribution in [0.5, 0.6) is 0 Å². The number of nitrogens with zero attached hydrogens (tertiary/aromatic N) is 1. The Bertz CT molecular complexity index is 1420. The topological polar surface area (TPSA) is 18.1 Å². The molecular weight excluding hydrogens is 318 g/mol. The zero-order valence-corrected chi connectivity index (χ0v) is 14.0. The van der Waals surface area contributed by atoms with Gasteiger partial charge in [0, 0.05) is 16.2 Å². The molecule has 6 aromatic rings. The van der Waals surface area contributed by atoms with Gasteiger partial charge in [0.2, 0.25) is 0 Å². The molecule has 6 rings (SSSR count). The SMILES string of the molecule is c1ccc2c(-n3c4ccccc4c4oc5ccccc5c43)cccc2c1. The summed E-state index contributed by atoms with van der Waals surface area (Å²) in [4.78, 5) is 0. The van der Waals surface area contributed by atoms with E-state index in [1.165, 1.54) is 22.0 Å². The fourth-order valence-corrected chi connectivity index (χ4v) is 4.07. The van der Waals surface area contributed by atoms with Crippen molar-refractivity contribution in [2.24, 2.45) is 0 Å². The predicted molar refractivity (Wildman–Crippen MR) is 108 cm³/mol. The second-order valence-corrected chi connectivity index (χ2v) is 6.63. The number of rotatable bonds is 1. The van der Waals surface area contributed by atoms with Crippen LogP contribution in [0.4, 0.5) is 0 Å². The van der Waals surface area contributed by atoms with Crippen LogP contribution < -0.4 is 0 Å². The van der Waals surface area contributed by atoms with E-state index in [1.807, 2.05) is 12.1 Å². The number of para-hydroxylation sites is 2. The smallest absolute Gasteiger partial charge is 0.161 e. The van der Waals surface area contributed by atoms with Crippen molar-refractivity contribution in [3.05, 3.63) is 91.0 Å². The minimum Gasteiger partial charge on any atom is -0.454 e. The van der Waals surface area contributed by atoms with E-state index in [-0.39, 0.29) is 0 Å². The highest BCUT2D eigenvalue weighted by atomic mass is 16.3. The lowest BCUT2D eigenvalue weighted by atomic mass is 10.1. The molecule has 0 aliphatic heterocycles. The van der Waals surface area contributed by atoms with Crippen molar-refractivity contribution < 1.29 is 4.42 Å². The van der Waals surface area contributed by atoms with E-state index in [0.29, 0.717) is 0 Å². The van der Waals surface area contributed by atoms with Gasteiger partial charge >= 0.3 is 0 Å². The maximum Gasteiger partial charge on any atom is 0.161 e. The van der Waals surface area contributed by atoms with E-state index < -0.39 is 0 Å². The summed E-state index contributed by atoms with van der Waals surface area (Å²) in [6.07, 6.45) is 0. The van der Waals surface area contributed by atoms with Crippen LogP contribution in [0.25, 0.3) is 49.4 Å². The minimum absolute atomic E-state index is 0.928. The van der Waals surface area contributed by atoms with E-state index in [4.69, 9.17) is 4.42 Å². The lowest BCUT2D eigenvalue weighted by Crippen LogP contribution is -1.94. The summed E-state index contributed by atoms with van der Waals surface area (Å²) in [6, 6.07) is 31.8. The molecule has 2 aromatic heterocycles. The standard InChI is InChI=1S/C24H15NO/c1-2-10-17-16(8-1)9-7-14-20(17)25-21-13-5-3-11-18(21)24-23(25)19-12-4-6-15-22(19)26-24/h1-15H. The summed E-state index contributed by atoms with van der Waals surface area (Å²) >= 11 is 0. The molecule has 0 unspecified atom stereocenters. The number of fused-ring (bicyclic) bond motifs is 6. The number of aromatic nitrogens is 1. The Hall–Kier alpha value is -3.52. The van der Waals surface area contributed by atoms with Crippen molar-refractivity contribution in [3.63, 3.8) is 0 Å². The van der Waals surface area contributed by atoms with E-state index >= 15 is 0 Å². The van der Waals surface area contributed by atoms with Crippen molar-refractivity contribution in [1.29, 1.82) is 0 Å². The molecule has 2 heteroatoms. The molecule has 4 aromatic carbocycles. The molecule has 122 valence electrons. The number of benzene rings is 4. The summed E-state index contributed by atoms with van der Waals surface area (Å²) in [5.74, 6) is 0. The summed E-state index contributed by atoms with van der Waals surface area (Å²) in [5.41, 5.74) is 5.37. The van der Waals surface area contributed by atoms with Crippen molar-refractivity contribution in [3.8, 4) is 5.69 Å². The zero-order chi connectivity index (χ0) is 17.1. The van der Waals surface area contributed by atoms with Crippen LogP contribution in [0.3, 0.4) is 0 Å². The number of furan rings is 1. The first kappa shape index (κ1) is 13.7. The molecule has 2 nitrogen and oxygen atoms in total. The Balaban J connectivity index is 1.90. The molecule has 0 fully saturated rings. The van der Waals surface area contributed by atoms with Crippen LogP contribution in [0.1, 0.15) is 0 Å². The number of hydrogen-bond donors (Lipinski definition) is 0. The molecule has 0 amide bonds. The monoisotopic (exact) mass is 333 g/mol. The van der Waals surface area contributed by atoms with E-state index in [1.54, 1.807) is 0 Å². The van der Waals surface area contributed by atoms with Crippen molar-refractivity contribution >= 4 is 43.7 Å². The highest BCUT2D eigenvalue weighted by Crippen LogP contribution is 2.39. The molecule has 0 bridgehead atoms. The van der Waals surface area contributed by atoms with Crippen molar-refractivity contribution in [1.82, 2.24) is 4.57 Å². The fraction of sp³-hybridized carbons (Fsp3) is 0. The molecule has 26 heavy (non-hydrogen) atoms. The average molecular weight is 333 g/mol. The normalized spacial score (nSPS) is 11.8. The maximum atomic E-state index is 6.26. The van der Waals surface area contributed by atoms with Gasteiger partial charge in [0.05, 0.1) is 11.2 Å².